The van der Waals surface area contributed by atoms with Gasteiger partial charge in [0, 0.05) is 13.2 Å². The summed E-state index contributed by atoms with van der Waals surface area (Å²) in [6, 6.07) is 5.05. The lowest BCUT2D eigenvalue weighted by Gasteiger charge is -2.37. The zero-order valence-corrected chi connectivity index (χ0v) is 13.6. The van der Waals surface area contributed by atoms with Crippen molar-refractivity contribution in [2.75, 3.05) is 13.7 Å². The minimum absolute atomic E-state index is 0.0942. The minimum Gasteiger partial charge on any atom is -0.377 e. The van der Waals surface area contributed by atoms with E-state index in [4.69, 9.17) is 16.3 Å². The van der Waals surface area contributed by atoms with E-state index < -0.39 is 0 Å². The third-order valence-corrected chi connectivity index (χ3v) is 4.43. The van der Waals surface area contributed by atoms with Gasteiger partial charge in [-0.3, -0.25) is 0 Å². The molecular formula is C16H25ClFNO. The molecule has 1 aromatic carbocycles. The van der Waals surface area contributed by atoms with E-state index in [1.165, 1.54) is 6.07 Å². The lowest BCUT2D eigenvalue weighted by atomic mass is 9.88. The monoisotopic (exact) mass is 301 g/mol. The Morgan fingerprint density at radius 1 is 1.40 bits per heavy atom. The van der Waals surface area contributed by atoms with Gasteiger partial charge < -0.3 is 10.1 Å². The molecule has 0 heterocycles. The quantitative estimate of drug-likeness (QED) is 0.777. The average Bonchev–Trinajstić information content (AvgIpc) is 2.46. The van der Waals surface area contributed by atoms with Crippen molar-refractivity contribution in [2.45, 2.75) is 51.7 Å². The summed E-state index contributed by atoms with van der Waals surface area (Å²) < 4.78 is 19.2. The summed E-state index contributed by atoms with van der Waals surface area (Å²) in [7, 11) is 1.72. The van der Waals surface area contributed by atoms with Gasteiger partial charge in [0.2, 0.25) is 0 Å². The second-order valence-corrected chi connectivity index (χ2v) is 5.67. The largest absolute Gasteiger partial charge is 0.377 e. The third kappa shape index (κ3) is 4.18. The summed E-state index contributed by atoms with van der Waals surface area (Å²) in [4.78, 5) is 0. The smallest absolute Gasteiger partial charge is 0.142 e. The van der Waals surface area contributed by atoms with Gasteiger partial charge in [0.1, 0.15) is 5.82 Å². The van der Waals surface area contributed by atoms with E-state index in [1.807, 2.05) is 6.07 Å². The van der Waals surface area contributed by atoms with E-state index >= 15 is 0 Å². The molecule has 0 aliphatic heterocycles. The number of ether oxygens (including phenoxy) is 1. The van der Waals surface area contributed by atoms with Gasteiger partial charge in [-0.1, -0.05) is 37.6 Å². The van der Waals surface area contributed by atoms with E-state index in [0.717, 1.165) is 24.9 Å². The minimum atomic E-state index is -0.367. The molecule has 0 aliphatic carbocycles. The van der Waals surface area contributed by atoms with E-state index in [-0.39, 0.29) is 22.5 Å². The fraction of sp³-hybridized carbons (Fsp3) is 0.625. The van der Waals surface area contributed by atoms with E-state index in [9.17, 15) is 4.39 Å². The summed E-state index contributed by atoms with van der Waals surface area (Å²) in [5.41, 5.74) is 0.516. The average molecular weight is 302 g/mol. The maximum atomic E-state index is 13.6. The lowest BCUT2D eigenvalue weighted by molar-refractivity contribution is -0.0287. The normalized spacial score (nSPS) is 15.9. The first-order valence-corrected chi connectivity index (χ1v) is 7.57. The van der Waals surface area contributed by atoms with Crippen LogP contribution in [0.4, 0.5) is 4.39 Å². The van der Waals surface area contributed by atoms with Crippen LogP contribution in [0.25, 0.3) is 0 Å². The van der Waals surface area contributed by atoms with Gasteiger partial charge in [0.05, 0.1) is 10.6 Å². The molecule has 2 nitrogen and oxygen atoms in total. The van der Waals surface area contributed by atoms with Gasteiger partial charge >= 0.3 is 0 Å². The van der Waals surface area contributed by atoms with Gasteiger partial charge in [0.25, 0.3) is 0 Å². The molecule has 1 rings (SSSR count). The summed E-state index contributed by atoms with van der Waals surface area (Å²) in [5, 5.41) is 3.71. The summed E-state index contributed by atoms with van der Waals surface area (Å²) in [6.45, 7) is 7.19. The molecule has 0 spiro atoms. The van der Waals surface area contributed by atoms with Crippen LogP contribution in [0.2, 0.25) is 5.02 Å². The number of halogens is 2. The Balaban J connectivity index is 2.97. The van der Waals surface area contributed by atoms with Gasteiger partial charge in [-0.05, 0) is 44.4 Å². The predicted molar refractivity (Wildman–Crippen MR) is 82.9 cm³/mol. The number of rotatable bonds is 8. The maximum Gasteiger partial charge on any atom is 0.142 e. The standard InChI is InChI=1S/C16H25ClFNO/c1-5-10-19-14(16(3,6-2)20-4)11-12-8-7-9-13(18)15(12)17/h7-9,14,19H,5-6,10-11H2,1-4H3. The summed E-state index contributed by atoms with van der Waals surface area (Å²) in [6.07, 6.45) is 2.56. The second-order valence-electron chi connectivity index (χ2n) is 5.29. The molecule has 0 aromatic heterocycles. The first-order valence-electron chi connectivity index (χ1n) is 7.19. The van der Waals surface area contributed by atoms with Crippen LogP contribution in [-0.4, -0.2) is 25.3 Å². The van der Waals surface area contributed by atoms with Crippen molar-refractivity contribution in [3.05, 3.63) is 34.6 Å². The van der Waals surface area contributed by atoms with Crippen LogP contribution < -0.4 is 5.32 Å². The van der Waals surface area contributed by atoms with Gasteiger partial charge in [-0.2, -0.15) is 0 Å². The molecule has 0 saturated carbocycles. The molecule has 0 bridgehead atoms. The molecule has 0 saturated heterocycles. The van der Waals surface area contributed by atoms with Crippen LogP contribution in [0, 0.1) is 5.82 Å². The Labute approximate surface area is 126 Å². The Morgan fingerprint density at radius 2 is 2.10 bits per heavy atom. The molecule has 20 heavy (non-hydrogen) atoms. The molecule has 4 heteroatoms. The molecule has 0 fully saturated rings. The topological polar surface area (TPSA) is 21.3 Å². The molecule has 0 aliphatic rings. The molecule has 2 atom stereocenters. The van der Waals surface area contributed by atoms with E-state index in [0.29, 0.717) is 6.42 Å². The Bertz CT molecular complexity index is 421. The van der Waals surface area contributed by atoms with Gasteiger partial charge in [0.15, 0.2) is 0 Å². The lowest BCUT2D eigenvalue weighted by Crippen LogP contribution is -2.51. The highest BCUT2D eigenvalue weighted by Gasteiger charge is 2.32. The summed E-state index contributed by atoms with van der Waals surface area (Å²) in [5.74, 6) is -0.367. The van der Waals surface area contributed by atoms with Gasteiger partial charge in [-0.25, -0.2) is 4.39 Å². The van der Waals surface area contributed by atoms with Crippen molar-refractivity contribution in [1.82, 2.24) is 5.32 Å². The van der Waals surface area contributed by atoms with Crippen molar-refractivity contribution in [3.63, 3.8) is 0 Å². The zero-order valence-electron chi connectivity index (χ0n) is 12.8. The highest BCUT2D eigenvalue weighted by atomic mass is 35.5. The fourth-order valence-corrected chi connectivity index (χ4v) is 2.48. The number of methoxy groups -OCH3 is 1. The number of nitrogens with one attached hydrogen (secondary N) is 1. The van der Waals surface area contributed by atoms with Crippen molar-refractivity contribution in [1.29, 1.82) is 0 Å². The van der Waals surface area contributed by atoms with Crippen molar-refractivity contribution in [3.8, 4) is 0 Å². The first-order chi connectivity index (χ1) is 9.48. The van der Waals surface area contributed by atoms with E-state index in [1.54, 1.807) is 13.2 Å². The molecule has 2 unspecified atom stereocenters. The highest BCUT2D eigenvalue weighted by Crippen LogP contribution is 2.26. The van der Waals surface area contributed by atoms with Crippen LogP contribution in [0.1, 0.15) is 39.2 Å². The Hall–Kier alpha value is -0.640. The second kappa shape index (κ2) is 7.96. The van der Waals surface area contributed by atoms with Crippen LogP contribution in [-0.2, 0) is 11.2 Å². The van der Waals surface area contributed by atoms with Crippen LogP contribution in [0.15, 0.2) is 18.2 Å². The zero-order chi connectivity index (χ0) is 15.2. The van der Waals surface area contributed by atoms with E-state index in [2.05, 4.69) is 26.1 Å². The predicted octanol–water partition coefficient (Wildman–Crippen LogP) is 4.20. The molecule has 0 radical (unpaired) electrons. The Kier molecular flexibility index (Phi) is 6.93. The van der Waals surface area contributed by atoms with Crippen LogP contribution in [0.3, 0.4) is 0 Å². The van der Waals surface area contributed by atoms with Crippen LogP contribution >= 0.6 is 11.6 Å². The fourth-order valence-electron chi connectivity index (χ4n) is 2.28. The van der Waals surface area contributed by atoms with Crippen molar-refractivity contribution >= 4 is 11.6 Å². The van der Waals surface area contributed by atoms with Crippen molar-refractivity contribution in [2.24, 2.45) is 0 Å². The number of hydrogen-bond acceptors (Lipinski definition) is 2. The van der Waals surface area contributed by atoms with Crippen LogP contribution in [0.5, 0.6) is 0 Å². The number of benzene rings is 1. The Morgan fingerprint density at radius 3 is 2.65 bits per heavy atom. The third-order valence-electron chi connectivity index (χ3n) is 4.00. The molecule has 1 aromatic rings. The maximum absolute atomic E-state index is 13.6. The molecule has 0 amide bonds. The molecular weight excluding hydrogens is 277 g/mol. The van der Waals surface area contributed by atoms with Gasteiger partial charge in [-0.15, -0.1) is 0 Å². The number of hydrogen-bond donors (Lipinski definition) is 1. The summed E-state index contributed by atoms with van der Waals surface area (Å²) >= 11 is 6.06. The first kappa shape index (κ1) is 17.4. The molecule has 1 N–H and O–H groups in total. The molecule has 114 valence electrons. The van der Waals surface area contributed by atoms with Crippen molar-refractivity contribution < 1.29 is 9.13 Å². The highest BCUT2D eigenvalue weighted by molar-refractivity contribution is 6.31. The SMILES string of the molecule is CCCNC(Cc1cccc(F)c1Cl)C(C)(CC)OC.